The predicted octanol–water partition coefficient (Wildman–Crippen LogP) is 3.45. The van der Waals surface area contributed by atoms with Crippen molar-refractivity contribution in [1.82, 2.24) is 19.7 Å². The van der Waals surface area contributed by atoms with Gasteiger partial charge in [0.15, 0.2) is 0 Å². The molecule has 0 bridgehead atoms. The Bertz CT molecular complexity index is 1000. The van der Waals surface area contributed by atoms with E-state index in [-0.39, 0.29) is 10.6 Å². The Labute approximate surface area is 156 Å². The van der Waals surface area contributed by atoms with Crippen LogP contribution in [0, 0.1) is 10.1 Å². The van der Waals surface area contributed by atoms with Gasteiger partial charge in [0, 0.05) is 42.6 Å². The average Bonchev–Trinajstić information content (AvgIpc) is 3.43. The molecule has 0 N–H and O–H groups in total. The van der Waals surface area contributed by atoms with Crippen molar-refractivity contribution < 1.29 is 4.92 Å². The van der Waals surface area contributed by atoms with E-state index in [9.17, 15) is 10.1 Å². The number of hydrogen-bond acceptors (Lipinski definition) is 6. The fraction of sp³-hybridized carbons (Fsp3) is 0.421. The fourth-order valence-corrected chi connectivity index (χ4v) is 3.94. The molecule has 138 valence electrons. The summed E-state index contributed by atoms with van der Waals surface area (Å²) >= 11 is 0. The van der Waals surface area contributed by atoms with Crippen molar-refractivity contribution in [2.24, 2.45) is 0 Å². The third-order valence-corrected chi connectivity index (χ3v) is 5.59. The molecule has 1 aliphatic carbocycles. The zero-order valence-corrected chi connectivity index (χ0v) is 14.9. The van der Waals surface area contributed by atoms with E-state index in [0.717, 1.165) is 48.5 Å². The van der Waals surface area contributed by atoms with Gasteiger partial charge in [-0.3, -0.25) is 10.1 Å². The summed E-state index contributed by atoms with van der Waals surface area (Å²) in [4.78, 5) is 17.5. The molecule has 1 aromatic carbocycles. The summed E-state index contributed by atoms with van der Waals surface area (Å²) in [6.07, 6.45) is 6.42. The first-order chi connectivity index (χ1) is 13.2. The molecule has 2 fully saturated rings. The van der Waals surface area contributed by atoms with Crippen LogP contribution in [0.15, 0.2) is 36.7 Å². The maximum absolute atomic E-state index is 10.9. The van der Waals surface area contributed by atoms with Gasteiger partial charge in [0.1, 0.15) is 18.0 Å². The van der Waals surface area contributed by atoms with Crippen molar-refractivity contribution in [2.75, 3.05) is 18.0 Å². The second-order valence-electron chi connectivity index (χ2n) is 7.39. The molecular weight excluding hydrogens is 344 g/mol. The largest absolute Gasteiger partial charge is 0.357 e. The van der Waals surface area contributed by atoms with Gasteiger partial charge in [-0.15, -0.1) is 10.2 Å². The van der Waals surface area contributed by atoms with E-state index >= 15 is 0 Å². The van der Waals surface area contributed by atoms with Crippen LogP contribution in [0.2, 0.25) is 0 Å². The lowest BCUT2D eigenvalue weighted by Gasteiger charge is -2.32. The molecule has 3 heterocycles. The number of piperidine rings is 1. The Kier molecular flexibility index (Phi) is 3.77. The zero-order valence-electron chi connectivity index (χ0n) is 14.9. The average molecular weight is 364 g/mol. The summed E-state index contributed by atoms with van der Waals surface area (Å²) in [5, 5.41) is 20.2. The van der Waals surface area contributed by atoms with Crippen LogP contribution in [0.4, 0.5) is 11.5 Å². The Morgan fingerprint density at radius 3 is 2.63 bits per heavy atom. The number of non-ortho nitro benzene ring substituents is 1. The molecule has 0 atom stereocenters. The maximum Gasteiger partial charge on any atom is 0.270 e. The standard InChI is InChI=1S/C19H20N6O2/c26-25(27)16-4-5-17-14(11-16)1-6-18(21-17)23-9-7-13(8-10-23)19-22-20-12-24(19)15-2-3-15/h1,4-6,11-13,15H,2-3,7-10H2. The van der Waals surface area contributed by atoms with Gasteiger partial charge >= 0.3 is 0 Å². The third kappa shape index (κ3) is 3.01. The van der Waals surface area contributed by atoms with Crippen molar-refractivity contribution >= 4 is 22.4 Å². The summed E-state index contributed by atoms with van der Waals surface area (Å²) in [6, 6.07) is 9.29. The topological polar surface area (TPSA) is 90.0 Å². The van der Waals surface area contributed by atoms with Gasteiger partial charge in [0.25, 0.3) is 5.69 Å². The number of aromatic nitrogens is 4. The molecule has 2 aromatic heterocycles. The van der Waals surface area contributed by atoms with Crippen molar-refractivity contribution in [3.05, 3.63) is 52.6 Å². The molecule has 0 radical (unpaired) electrons. The fourth-order valence-electron chi connectivity index (χ4n) is 3.94. The highest BCUT2D eigenvalue weighted by atomic mass is 16.6. The molecule has 2 aliphatic rings. The Hall–Kier alpha value is -3.03. The molecule has 1 saturated heterocycles. The Morgan fingerprint density at radius 1 is 1.07 bits per heavy atom. The monoisotopic (exact) mass is 364 g/mol. The first-order valence-electron chi connectivity index (χ1n) is 9.38. The highest BCUT2D eigenvalue weighted by Gasteiger charge is 2.31. The second kappa shape index (κ2) is 6.29. The number of anilines is 1. The van der Waals surface area contributed by atoms with Crippen molar-refractivity contribution in [2.45, 2.75) is 37.6 Å². The van der Waals surface area contributed by atoms with E-state index in [1.165, 1.54) is 18.9 Å². The smallest absolute Gasteiger partial charge is 0.270 e. The second-order valence-corrected chi connectivity index (χ2v) is 7.39. The van der Waals surface area contributed by atoms with Gasteiger partial charge in [0.05, 0.1) is 10.4 Å². The van der Waals surface area contributed by atoms with Crippen molar-refractivity contribution in [3.8, 4) is 0 Å². The molecule has 1 aliphatic heterocycles. The Balaban J connectivity index is 1.32. The summed E-state index contributed by atoms with van der Waals surface area (Å²) in [6.45, 7) is 1.85. The lowest BCUT2D eigenvalue weighted by atomic mass is 9.96. The quantitative estimate of drug-likeness (QED) is 0.520. The van der Waals surface area contributed by atoms with Gasteiger partial charge in [-0.05, 0) is 43.9 Å². The lowest BCUT2D eigenvalue weighted by Crippen LogP contribution is -2.34. The van der Waals surface area contributed by atoms with Gasteiger partial charge < -0.3 is 9.47 Å². The van der Waals surface area contributed by atoms with Gasteiger partial charge in [-0.1, -0.05) is 0 Å². The molecular formula is C19H20N6O2. The van der Waals surface area contributed by atoms with E-state index in [2.05, 4.69) is 19.7 Å². The van der Waals surface area contributed by atoms with Crippen molar-refractivity contribution in [1.29, 1.82) is 0 Å². The van der Waals surface area contributed by atoms with E-state index in [1.807, 2.05) is 18.5 Å². The molecule has 8 heteroatoms. The Morgan fingerprint density at radius 2 is 1.89 bits per heavy atom. The molecule has 8 nitrogen and oxygen atoms in total. The number of nitro groups is 1. The van der Waals surface area contributed by atoms with Crippen LogP contribution < -0.4 is 4.90 Å². The summed E-state index contributed by atoms with van der Waals surface area (Å²) < 4.78 is 2.27. The van der Waals surface area contributed by atoms with E-state index in [4.69, 9.17) is 4.98 Å². The van der Waals surface area contributed by atoms with Crippen LogP contribution in [-0.4, -0.2) is 37.8 Å². The van der Waals surface area contributed by atoms with Crippen LogP contribution >= 0.6 is 0 Å². The highest BCUT2D eigenvalue weighted by molar-refractivity contribution is 5.82. The van der Waals surface area contributed by atoms with E-state index in [1.54, 1.807) is 12.1 Å². The van der Waals surface area contributed by atoms with E-state index in [0.29, 0.717) is 12.0 Å². The number of fused-ring (bicyclic) bond motifs is 1. The minimum atomic E-state index is -0.376. The normalized spacial score (nSPS) is 18.1. The number of nitro benzene ring substituents is 1. The van der Waals surface area contributed by atoms with Crippen LogP contribution in [0.3, 0.4) is 0 Å². The summed E-state index contributed by atoms with van der Waals surface area (Å²) in [5.41, 5.74) is 0.881. The van der Waals surface area contributed by atoms with E-state index < -0.39 is 0 Å². The third-order valence-electron chi connectivity index (χ3n) is 5.59. The lowest BCUT2D eigenvalue weighted by molar-refractivity contribution is -0.384. The first-order valence-corrected chi connectivity index (χ1v) is 9.38. The van der Waals surface area contributed by atoms with Crippen LogP contribution in [0.25, 0.3) is 10.9 Å². The highest BCUT2D eigenvalue weighted by Crippen LogP contribution is 2.38. The van der Waals surface area contributed by atoms with Gasteiger partial charge in [0.2, 0.25) is 0 Å². The zero-order chi connectivity index (χ0) is 18.4. The molecule has 0 spiro atoms. The molecule has 1 saturated carbocycles. The number of pyridine rings is 1. The SMILES string of the molecule is O=[N+]([O-])c1ccc2nc(N3CCC(c4nncn4C4CC4)CC3)ccc2c1. The first kappa shape index (κ1) is 16.2. The summed E-state index contributed by atoms with van der Waals surface area (Å²) in [7, 11) is 0. The van der Waals surface area contributed by atoms with Crippen LogP contribution in [0.5, 0.6) is 0 Å². The number of benzene rings is 1. The number of rotatable bonds is 4. The molecule has 0 unspecified atom stereocenters. The predicted molar refractivity (Wildman–Crippen MR) is 101 cm³/mol. The molecule has 27 heavy (non-hydrogen) atoms. The minimum Gasteiger partial charge on any atom is -0.357 e. The van der Waals surface area contributed by atoms with Crippen LogP contribution in [-0.2, 0) is 0 Å². The molecule has 3 aromatic rings. The minimum absolute atomic E-state index is 0.0950. The number of hydrogen-bond donors (Lipinski definition) is 0. The van der Waals surface area contributed by atoms with Gasteiger partial charge in [-0.2, -0.15) is 0 Å². The van der Waals surface area contributed by atoms with Crippen molar-refractivity contribution in [3.63, 3.8) is 0 Å². The molecule has 0 amide bonds. The maximum atomic E-state index is 10.9. The summed E-state index contributed by atoms with van der Waals surface area (Å²) in [5.74, 6) is 2.52. The van der Waals surface area contributed by atoms with Crippen LogP contribution in [0.1, 0.15) is 43.5 Å². The number of nitrogens with zero attached hydrogens (tertiary/aromatic N) is 6. The van der Waals surface area contributed by atoms with Gasteiger partial charge in [-0.25, -0.2) is 4.98 Å². The molecule has 5 rings (SSSR count).